The summed E-state index contributed by atoms with van der Waals surface area (Å²) in [5, 5.41) is 8.82. The summed E-state index contributed by atoms with van der Waals surface area (Å²) in [6, 6.07) is 4.48. The normalized spacial score (nSPS) is 8.12. The summed E-state index contributed by atoms with van der Waals surface area (Å²) in [6.45, 7) is 10.1. The van der Waals surface area contributed by atoms with E-state index >= 15 is 0 Å². The Morgan fingerprint density at radius 1 is 1.24 bits per heavy atom. The van der Waals surface area contributed by atoms with Gasteiger partial charge in [-0.15, -0.1) is 0 Å². The topological polar surface area (TPSA) is 23.8 Å². The summed E-state index contributed by atoms with van der Waals surface area (Å²) in [4.78, 5) is 0. The maximum Gasteiger partial charge on any atom is 0.127 e. The lowest BCUT2D eigenvalue weighted by atomic mass is 10.1. The predicted molar refractivity (Wildman–Crippen MR) is 72.8 cm³/mol. The maximum absolute atomic E-state index is 13.0. The zero-order valence-corrected chi connectivity index (χ0v) is 12.0. The molecule has 17 heavy (non-hydrogen) atoms. The molecule has 0 heterocycles. The number of halogens is 2. The monoisotopic (exact) mass is 257 g/mol. The Bertz CT molecular complexity index is 355. The zero-order chi connectivity index (χ0) is 13.8. The first-order valence-corrected chi connectivity index (χ1v) is 6.36. The van der Waals surface area contributed by atoms with Crippen LogP contribution in [0.2, 0.25) is 5.02 Å². The van der Waals surface area contributed by atoms with Crippen molar-refractivity contribution in [3.8, 4) is 6.07 Å². The van der Waals surface area contributed by atoms with Crippen LogP contribution in [0, 0.1) is 17.1 Å². The summed E-state index contributed by atoms with van der Waals surface area (Å²) in [6.07, 6.45) is 1.83. The minimum Gasteiger partial charge on any atom is -0.207 e. The second-order valence-electron chi connectivity index (χ2n) is 3.10. The minimum absolute atomic E-state index is 0.186. The average molecular weight is 258 g/mol. The molecular formula is C14H21ClFN. The van der Waals surface area contributed by atoms with Gasteiger partial charge < -0.3 is 0 Å². The van der Waals surface area contributed by atoms with Crippen molar-refractivity contribution in [1.82, 2.24) is 0 Å². The van der Waals surface area contributed by atoms with Crippen LogP contribution < -0.4 is 0 Å². The fraction of sp³-hybridized carbons (Fsp3) is 0.500. The Hall–Kier alpha value is -1.07. The number of nitriles is 1. The van der Waals surface area contributed by atoms with Crippen molar-refractivity contribution in [2.45, 2.75) is 47.5 Å². The van der Waals surface area contributed by atoms with Gasteiger partial charge in [0, 0.05) is 0 Å². The van der Waals surface area contributed by atoms with E-state index in [4.69, 9.17) is 16.9 Å². The van der Waals surface area contributed by atoms with Gasteiger partial charge in [-0.25, -0.2) is 4.39 Å². The first kappa shape index (κ1) is 18.3. The highest BCUT2D eigenvalue weighted by molar-refractivity contribution is 6.31. The first-order chi connectivity index (χ1) is 8.10. The molecule has 0 unspecified atom stereocenters. The fourth-order valence-corrected chi connectivity index (χ4v) is 1.17. The molecule has 0 amide bonds. The van der Waals surface area contributed by atoms with Crippen molar-refractivity contribution in [1.29, 1.82) is 5.26 Å². The van der Waals surface area contributed by atoms with Gasteiger partial charge in [0.25, 0.3) is 0 Å². The number of hydrogen-bond acceptors (Lipinski definition) is 1. The van der Waals surface area contributed by atoms with Crippen molar-refractivity contribution >= 4 is 11.6 Å². The van der Waals surface area contributed by atoms with Gasteiger partial charge in [0.05, 0.1) is 10.6 Å². The Kier molecular flexibility index (Phi) is 12.3. The van der Waals surface area contributed by atoms with Crippen molar-refractivity contribution in [3.05, 3.63) is 34.1 Å². The molecule has 1 aromatic rings. The molecule has 0 radical (unpaired) electrons. The van der Waals surface area contributed by atoms with Crippen LogP contribution in [0.15, 0.2) is 12.1 Å². The van der Waals surface area contributed by atoms with Gasteiger partial charge >= 0.3 is 0 Å². The second-order valence-corrected chi connectivity index (χ2v) is 3.50. The first-order valence-electron chi connectivity index (χ1n) is 5.98. The largest absolute Gasteiger partial charge is 0.207 e. The Labute approximate surface area is 109 Å². The molecular weight excluding hydrogens is 237 g/mol. The van der Waals surface area contributed by atoms with Gasteiger partial charge in [-0.05, 0) is 24.1 Å². The Morgan fingerprint density at radius 3 is 2.06 bits per heavy atom. The van der Waals surface area contributed by atoms with Crippen molar-refractivity contribution in [2.24, 2.45) is 0 Å². The third kappa shape index (κ3) is 6.97. The predicted octanol–water partition coefficient (Wildman–Crippen LogP) is 5.36. The number of nitrogens with zero attached hydrogens (tertiary/aromatic N) is 1. The van der Waals surface area contributed by atoms with Crippen molar-refractivity contribution in [2.75, 3.05) is 0 Å². The van der Waals surface area contributed by atoms with E-state index in [0.29, 0.717) is 17.0 Å². The molecule has 3 heteroatoms. The van der Waals surface area contributed by atoms with Crippen LogP contribution in [0.25, 0.3) is 0 Å². The quantitative estimate of drug-likeness (QED) is 0.665. The molecule has 0 spiro atoms. The molecule has 0 aliphatic carbocycles. The maximum atomic E-state index is 13.0. The molecule has 0 fully saturated rings. The number of aryl methyl sites for hydroxylation is 1. The molecule has 0 saturated heterocycles. The third-order valence-electron chi connectivity index (χ3n) is 1.64. The van der Waals surface area contributed by atoms with E-state index in [9.17, 15) is 4.39 Å². The van der Waals surface area contributed by atoms with E-state index in [0.717, 1.165) is 0 Å². The van der Waals surface area contributed by atoms with Gasteiger partial charge in [0.1, 0.15) is 11.9 Å². The summed E-state index contributed by atoms with van der Waals surface area (Å²) in [5.41, 5.74) is 0.727. The summed E-state index contributed by atoms with van der Waals surface area (Å²) >= 11 is 5.69. The minimum atomic E-state index is -0.363. The zero-order valence-electron chi connectivity index (χ0n) is 11.3. The SMILES string of the molecule is CC.CCC.CCc1cc(Cl)c(C#N)cc1F. The van der Waals surface area contributed by atoms with Crippen LogP contribution in [0.1, 0.15) is 52.2 Å². The van der Waals surface area contributed by atoms with Gasteiger partial charge in [-0.2, -0.15) is 5.26 Å². The highest BCUT2D eigenvalue weighted by atomic mass is 35.5. The molecule has 1 aromatic carbocycles. The summed E-state index contributed by atoms with van der Waals surface area (Å²) < 4.78 is 13.0. The molecule has 0 aromatic heterocycles. The van der Waals surface area contributed by atoms with E-state index in [1.54, 1.807) is 0 Å². The van der Waals surface area contributed by atoms with E-state index in [-0.39, 0.29) is 11.4 Å². The van der Waals surface area contributed by atoms with Crippen molar-refractivity contribution < 1.29 is 4.39 Å². The van der Waals surface area contributed by atoms with Gasteiger partial charge in [0.15, 0.2) is 0 Å². The lowest BCUT2D eigenvalue weighted by Gasteiger charge is -2.00. The summed E-state index contributed by atoms with van der Waals surface area (Å²) in [5.74, 6) is -0.363. The Morgan fingerprint density at radius 2 is 1.71 bits per heavy atom. The lowest BCUT2D eigenvalue weighted by Crippen LogP contribution is -1.89. The third-order valence-corrected chi connectivity index (χ3v) is 1.95. The Balaban J connectivity index is 0. The van der Waals surface area contributed by atoms with Gasteiger partial charge in [-0.1, -0.05) is 52.6 Å². The molecule has 0 aliphatic heterocycles. The molecule has 1 rings (SSSR count). The van der Waals surface area contributed by atoms with Gasteiger partial charge in [0.2, 0.25) is 0 Å². The number of benzene rings is 1. The highest BCUT2D eigenvalue weighted by Crippen LogP contribution is 2.20. The van der Waals surface area contributed by atoms with Crippen LogP contribution >= 0.6 is 11.6 Å². The van der Waals surface area contributed by atoms with Crippen LogP contribution in [-0.2, 0) is 6.42 Å². The second kappa shape index (κ2) is 11.4. The van der Waals surface area contributed by atoms with Crippen LogP contribution in [0.3, 0.4) is 0 Å². The van der Waals surface area contributed by atoms with Crippen LogP contribution in [-0.4, -0.2) is 0 Å². The van der Waals surface area contributed by atoms with Crippen LogP contribution in [0.4, 0.5) is 4.39 Å². The molecule has 1 nitrogen and oxygen atoms in total. The summed E-state index contributed by atoms with van der Waals surface area (Å²) in [7, 11) is 0. The van der Waals surface area contributed by atoms with Gasteiger partial charge in [-0.3, -0.25) is 0 Å². The standard InChI is InChI=1S/C9H7ClFN.C3H8.C2H6/c1-2-6-3-8(10)7(5-12)4-9(6)11;1-3-2;1-2/h3-4H,2H2,1H3;3H2,1-2H3;1-2H3. The molecule has 0 saturated carbocycles. The lowest BCUT2D eigenvalue weighted by molar-refractivity contribution is 0.612. The molecule has 0 atom stereocenters. The van der Waals surface area contributed by atoms with E-state index in [1.807, 2.05) is 26.8 Å². The number of rotatable bonds is 1. The van der Waals surface area contributed by atoms with E-state index < -0.39 is 0 Å². The number of hydrogen-bond donors (Lipinski definition) is 0. The molecule has 96 valence electrons. The highest BCUT2D eigenvalue weighted by Gasteiger charge is 2.05. The molecule has 0 N–H and O–H groups in total. The smallest absolute Gasteiger partial charge is 0.127 e. The fourth-order valence-electron chi connectivity index (χ4n) is 0.945. The van der Waals surface area contributed by atoms with Crippen LogP contribution in [0.5, 0.6) is 0 Å². The molecule has 0 aliphatic rings. The van der Waals surface area contributed by atoms with E-state index in [2.05, 4.69) is 13.8 Å². The average Bonchev–Trinajstić information content (AvgIpc) is 2.35. The van der Waals surface area contributed by atoms with Crippen molar-refractivity contribution in [3.63, 3.8) is 0 Å². The van der Waals surface area contributed by atoms with E-state index in [1.165, 1.54) is 18.6 Å². The molecule has 0 bridgehead atoms.